The Hall–Kier alpha value is -2.52. The number of hydrogen-bond donors (Lipinski definition) is 0. The van der Waals surface area contributed by atoms with Gasteiger partial charge in [-0.2, -0.15) is 0 Å². The third kappa shape index (κ3) is 2.84. The third-order valence-electron chi connectivity index (χ3n) is 2.15. The zero-order valence-corrected chi connectivity index (χ0v) is 10.5. The lowest BCUT2D eigenvalue weighted by molar-refractivity contribution is -0.672. The Morgan fingerprint density at radius 3 is 2.79 bits per heavy atom. The highest BCUT2D eigenvalue weighted by Crippen LogP contribution is 2.12. The molecule has 96 valence electrons. The van der Waals surface area contributed by atoms with Crippen molar-refractivity contribution in [2.24, 2.45) is 0 Å². The lowest BCUT2D eigenvalue weighted by atomic mass is 10.3. The van der Waals surface area contributed by atoms with E-state index in [1.807, 2.05) is 0 Å². The minimum Gasteiger partial charge on any atom is -0.538 e. The Morgan fingerprint density at radius 1 is 1.47 bits per heavy atom. The van der Waals surface area contributed by atoms with E-state index in [9.17, 15) is 9.90 Å². The monoisotopic (exact) mass is 278 g/mol. The van der Waals surface area contributed by atoms with E-state index in [1.165, 1.54) is 11.8 Å². The molecule has 0 aliphatic rings. The maximum Gasteiger partial charge on any atom is 0.384 e. The molecule has 0 amide bonds. The second-order valence-electron chi connectivity index (χ2n) is 3.34. The summed E-state index contributed by atoms with van der Waals surface area (Å²) in [5.41, 5.74) is 0.456. The summed E-state index contributed by atoms with van der Waals surface area (Å²) in [6.45, 7) is 0. The summed E-state index contributed by atoms with van der Waals surface area (Å²) in [7, 11) is 1.19. The fraction of sp³-hybridized carbons (Fsp3) is 0.0833. The molecule has 0 unspecified atom stereocenters. The van der Waals surface area contributed by atoms with Gasteiger partial charge in [0.2, 0.25) is 5.69 Å². The second kappa shape index (κ2) is 5.42. The van der Waals surface area contributed by atoms with Gasteiger partial charge in [-0.15, -0.1) is 0 Å². The van der Waals surface area contributed by atoms with E-state index >= 15 is 0 Å². The molecule has 2 aromatic rings. The summed E-state index contributed by atoms with van der Waals surface area (Å²) < 4.78 is 10.0. The summed E-state index contributed by atoms with van der Waals surface area (Å²) in [6.07, 6.45) is 0. The molecule has 0 aliphatic heterocycles. The molecular weight excluding hydrogens is 272 g/mol. The standard InChI is InChI=1S/C12H7ClN2O4/c1-18-11(16)7-6-10-12(17)19-14-15(10)9-4-2-8(13)3-5-9/h2-5H,1H3. The summed E-state index contributed by atoms with van der Waals surface area (Å²) in [4.78, 5) is 10.9. The number of aromatic nitrogens is 2. The zero-order chi connectivity index (χ0) is 13.8. The number of esters is 1. The molecule has 0 saturated carbocycles. The van der Waals surface area contributed by atoms with Gasteiger partial charge in [0.05, 0.1) is 12.4 Å². The van der Waals surface area contributed by atoms with Crippen molar-refractivity contribution in [1.29, 1.82) is 0 Å². The van der Waals surface area contributed by atoms with Gasteiger partial charge in [-0.25, -0.2) is 4.79 Å². The first-order chi connectivity index (χ1) is 9.11. The Morgan fingerprint density at radius 2 is 2.16 bits per heavy atom. The first-order valence-electron chi connectivity index (χ1n) is 5.06. The Labute approximate surface area is 113 Å². The van der Waals surface area contributed by atoms with Gasteiger partial charge in [0, 0.05) is 29.0 Å². The van der Waals surface area contributed by atoms with Crippen LogP contribution in [0, 0.1) is 11.8 Å². The van der Waals surface area contributed by atoms with E-state index in [2.05, 4.69) is 26.4 Å². The molecule has 1 aromatic carbocycles. The maximum absolute atomic E-state index is 11.5. The first kappa shape index (κ1) is 12.9. The number of ether oxygens (including phenoxy) is 1. The number of carbonyl (C=O) groups is 1. The van der Waals surface area contributed by atoms with E-state index in [0.717, 1.165) is 0 Å². The van der Waals surface area contributed by atoms with Gasteiger partial charge in [0.15, 0.2) is 5.95 Å². The molecule has 2 rings (SSSR count). The number of hydrogen-bond acceptors (Lipinski definition) is 5. The van der Waals surface area contributed by atoms with Crippen LogP contribution in [0.2, 0.25) is 5.02 Å². The van der Waals surface area contributed by atoms with Gasteiger partial charge in [-0.05, 0) is 16.8 Å². The smallest absolute Gasteiger partial charge is 0.384 e. The van der Waals surface area contributed by atoms with E-state index in [1.54, 1.807) is 24.3 Å². The SMILES string of the molecule is COC(=O)C#Cc1c([O-])on[n+]1-c1ccc(Cl)cc1. The molecule has 0 N–H and O–H groups in total. The first-order valence-corrected chi connectivity index (χ1v) is 5.44. The number of halogens is 1. The lowest BCUT2D eigenvalue weighted by Crippen LogP contribution is -2.35. The van der Waals surface area contributed by atoms with Crippen LogP contribution < -0.4 is 9.79 Å². The summed E-state index contributed by atoms with van der Waals surface area (Å²) in [6, 6.07) is 6.52. The molecule has 0 atom stereocenters. The number of rotatable bonds is 1. The van der Waals surface area contributed by atoms with E-state index in [4.69, 9.17) is 11.6 Å². The molecule has 0 aliphatic carbocycles. The molecule has 6 nitrogen and oxygen atoms in total. The van der Waals surface area contributed by atoms with Crippen molar-refractivity contribution in [2.75, 3.05) is 7.11 Å². The number of methoxy groups -OCH3 is 1. The van der Waals surface area contributed by atoms with Crippen LogP contribution in [0.4, 0.5) is 0 Å². The highest BCUT2D eigenvalue weighted by atomic mass is 35.5. The molecule has 0 saturated heterocycles. The summed E-state index contributed by atoms with van der Waals surface area (Å²) in [5, 5.41) is 15.5. The molecule has 7 heteroatoms. The average molecular weight is 279 g/mol. The van der Waals surface area contributed by atoms with Crippen LogP contribution in [0.15, 0.2) is 28.8 Å². The van der Waals surface area contributed by atoms with Crippen molar-refractivity contribution in [1.82, 2.24) is 5.27 Å². The molecule has 0 spiro atoms. The molecule has 1 aromatic heterocycles. The van der Waals surface area contributed by atoms with Crippen molar-refractivity contribution in [2.45, 2.75) is 0 Å². The highest BCUT2D eigenvalue weighted by Gasteiger charge is 2.18. The molecule has 0 radical (unpaired) electrons. The van der Waals surface area contributed by atoms with Crippen molar-refractivity contribution in [3.63, 3.8) is 0 Å². The van der Waals surface area contributed by atoms with Crippen LogP contribution in [0.1, 0.15) is 5.69 Å². The Bertz CT molecular complexity index is 667. The number of carbonyl (C=O) groups excluding carboxylic acids is 1. The molecule has 0 fully saturated rings. The van der Waals surface area contributed by atoms with Crippen molar-refractivity contribution < 1.29 is 23.8 Å². The molecule has 1 heterocycles. The highest BCUT2D eigenvalue weighted by molar-refractivity contribution is 6.30. The maximum atomic E-state index is 11.5. The van der Waals surface area contributed by atoms with Gasteiger partial charge in [0.1, 0.15) is 0 Å². The van der Waals surface area contributed by atoms with Crippen LogP contribution in [0.25, 0.3) is 5.69 Å². The van der Waals surface area contributed by atoms with Gasteiger partial charge in [-0.3, -0.25) is 0 Å². The minimum absolute atomic E-state index is 0.0762. The second-order valence-corrected chi connectivity index (χ2v) is 3.78. The van der Waals surface area contributed by atoms with Gasteiger partial charge in [-0.1, -0.05) is 11.6 Å². The van der Waals surface area contributed by atoms with Gasteiger partial charge < -0.3 is 14.4 Å². The molecule has 19 heavy (non-hydrogen) atoms. The minimum atomic E-state index is -0.761. The van der Waals surface area contributed by atoms with E-state index in [-0.39, 0.29) is 5.69 Å². The molecule has 0 bridgehead atoms. The fourth-order valence-electron chi connectivity index (χ4n) is 1.27. The quantitative estimate of drug-likeness (QED) is 0.423. The summed E-state index contributed by atoms with van der Waals surface area (Å²) >= 11 is 5.76. The van der Waals surface area contributed by atoms with Crippen molar-refractivity contribution >= 4 is 17.6 Å². The lowest BCUT2D eigenvalue weighted by Gasteiger charge is -1.91. The normalized spacial score (nSPS) is 9.58. The predicted octanol–water partition coefficient (Wildman–Crippen LogP) is 0.203. The van der Waals surface area contributed by atoms with E-state index < -0.39 is 11.9 Å². The van der Waals surface area contributed by atoms with Gasteiger partial charge >= 0.3 is 11.7 Å². The Balaban J connectivity index is 2.44. The van der Waals surface area contributed by atoms with Crippen LogP contribution in [0.5, 0.6) is 5.95 Å². The van der Waals surface area contributed by atoms with Crippen molar-refractivity contribution in [3.05, 3.63) is 35.0 Å². The largest absolute Gasteiger partial charge is 0.538 e. The Kier molecular flexibility index (Phi) is 3.68. The van der Waals surface area contributed by atoms with Crippen LogP contribution in [-0.2, 0) is 9.53 Å². The topological polar surface area (TPSA) is 79.3 Å². The molecular formula is C12H7ClN2O4. The predicted molar refractivity (Wildman–Crippen MR) is 61.4 cm³/mol. The average Bonchev–Trinajstić information content (AvgIpc) is 2.78. The number of nitrogens with zero attached hydrogens (tertiary/aromatic N) is 2. The summed E-state index contributed by atoms with van der Waals surface area (Å²) in [5.74, 6) is 3.00. The van der Waals surface area contributed by atoms with Crippen molar-refractivity contribution in [3.8, 4) is 23.5 Å². The number of benzene rings is 1. The van der Waals surface area contributed by atoms with Crippen LogP contribution >= 0.6 is 11.6 Å². The van der Waals surface area contributed by atoms with E-state index in [0.29, 0.717) is 10.7 Å². The van der Waals surface area contributed by atoms with Crippen LogP contribution in [-0.4, -0.2) is 18.4 Å². The zero-order valence-electron chi connectivity index (χ0n) is 9.71. The fourth-order valence-corrected chi connectivity index (χ4v) is 1.40. The van der Waals surface area contributed by atoms with Crippen LogP contribution in [0.3, 0.4) is 0 Å². The van der Waals surface area contributed by atoms with Gasteiger partial charge in [0.25, 0.3) is 0 Å². The third-order valence-corrected chi connectivity index (χ3v) is 2.40.